The SMILES string of the molecule is N#Cc1ccccc1COc1ccc(-c2ccccc2)cc1. The number of benzene rings is 3. The third-order valence-electron chi connectivity index (χ3n) is 3.49. The standard InChI is InChI=1S/C20H15NO/c21-14-18-8-4-5-9-19(18)15-22-20-12-10-17(11-13-20)16-6-2-1-3-7-16/h1-13H,15H2. The van der Waals surface area contributed by atoms with Crippen molar-refractivity contribution in [2.75, 3.05) is 0 Å². The fraction of sp³-hybridized carbons (Fsp3) is 0.0500. The molecule has 2 heteroatoms. The maximum absolute atomic E-state index is 9.07. The summed E-state index contributed by atoms with van der Waals surface area (Å²) in [5.74, 6) is 0.799. The summed E-state index contributed by atoms with van der Waals surface area (Å²) < 4.78 is 5.77. The molecule has 0 saturated heterocycles. The number of rotatable bonds is 4. The van der Waals surface area contributed by atoms with E-state index in [2.05, 4.69) is 18.2 Å². The molecule has 0 radical (unpaired) electrons. The number of ether oxygens (including phenoxy) is 1. The summed E-state index contributed by atoms with van der Waals surface area (Å²) in [5.41, 5.74) is 3.90. The molecule has 0 aromatic heterocycles. The van der Waals surface area contributed by atoms with E-state index in [1.807, 2.05) is 60.7 Å². The van der Waals surface area contributed by atoms with Gasteiger partial charge in [-0.3, -0.25) is 0 Å². The molecule has 0 fully saturated rings. The lowest BCUT2D eigenvalue weighted by molar-refractivity contribution is 0.306. The first-order valence-corrected chi connectivity index (χ1v) is 7.13. The maximum atomic E-state index is 9.07. The lowest BCUT2D eigenvalue weighted by Crippen LogP contribution is -1.97. The smallest absolute Gasteiger partial charge is 0.119 e. The second-order valence-corrected chi connectivity index (χ2v) is 4.95. The number of hydrogen-bond acceptors (Lipinski definition) is 2. The summed E-state index contributed by atoms with van der Waals surface area (Å²) in [6, 6.07) is 27.9. The quantitative estimate of drug-likeness (QED) is 0.689. The highest BCUT2D eigenvalue weighted by molar-refractivity contribution is 5.63. The Morgan fingerprint density at radius 3 is 2.09 bits per heavy atom. The Bertz CT molecular complexity index is 786. The van der Waals surface area contributed by atoms with E-state index in [0.29, 0.717) is 12.2 Å². The molecule has 0 saturated carbocycles. The first-order chi connectivity index (χ1) is 10.9. The van der Waals surface area contributed by atoms with Crippen molar-refractivity contribution in [2.24, 2.45) is 0 Å². The Labute approximate surface area is 130 Å². The minimum Gasteiger partial charge on any atom is -0.489 e. The maximum Gasteiger partial charge on any atom is 0.119 e. The van der Waals surface area contributed by atoms with Crippen molar-refractivity contribution in [1.29, 1.82) is 5.26 Å². The third kappa shape index (κ3) is 3.16. The van der Waals surface area contributed by atoms with Crippen molar-refractivity contribution in [1.82, 2.24) is 0 Å². The van der Waals surface area contributed by atoms with Gasteiger partial charge < -0.3 is 4.74 Å². The average molecular weight is 285 g/mol. The second-order valence-electron chi connectivity index (χ2n) is 4.95. The van der Waals surface area contributed by atoms with Crippen LogP contribution in [0.5, 0.6) is 5.75 Å². The summed E-state index contributed by atoms with van der Waals surface area (Å²) >= 11 is 0. The molecule has 2 nitrogen and oxygen atoms in total. The molecular weight excluding hydrogens is 270 g/mol. The normalized spacial score (nSPS) is 9.95. The number of hydrogen-bond donors (Lipinski definition) is 0. The molecule has 0 N–H and O–H groups in total. The molecule has 0 atom stereocenters. The van der Waals surface area contributed by atoms with Crippen LogP contribution in [0.2, 0.25) is 0 Å². The first kappa shape index (κ1) is 13.9. The van der Waals surface area contributed by atoms with Crippen LogP contribution in [0.4, 0.5) is 0 Å². The van der Waals surface area contributed by atoms with E-state index in [9.17, 15) is 0 Å². The Hall–Kier alpha value is -3.05. The van der Waals surface area contributed by atoms with Crippen molar-refractivity contribution >= 4 is 0 Å². The van der Waals surface area contributed by atoms with E-state index in [-0.39, 0.29) is 0 Å². The Kier molecular flexibility index (Phi) is 4.17. The molecule has 3 aromatic rings. The molecule has 22 heavy (non-hydrogen) atoms. The number of nitrogens with zero attached hydrogens (tertiary/aromatic N) is 1. The van der Waals surface area contributed by atoms with Crippen LogP contribution in [0.3, 0.4) is 0 Å². The van der Waals surface area contributed by atoms with Crippen LogP contribution in [0.1, 0.15) is 11.1 Å². The molecule has 0 unspecified atom stereocenters. The Balaban J connectivity index is 1.71. The van der Waals surface area contributed by atoms with E-state index >= 15 is 0 Å². The summed E-state index contributed by atoms with van der Waals surface area (Å²) in [7, 11) is 0. The Morgan fingerprint density at radius 1 is 0.727 bits per heavy atom. The summed E-state index contributed by atoms with van der Waals surface area (Å²) in [4.78, 5) is 0. The Morgan fingerprint density at radius 2 is 1.36 bits per heavy atom. The summed E-state index contributed by atoms with van der Waals surface area (Å²) in [5, 5.41) is 9.07. The van der Waals surface area contributed by atoms with Gasteiger partial charge >= 0.3 is 0 Å². The molecule has 0 aliphatic heterocycles. The van der Waals surface area contributed by atoms with Crippen LogP contribution in [0.25, 0.3) is 11.1 Å². The number of nitriles is 1. The highest BCUT2D eigenvalue weighted by atomic mass is 16.5. The van der Waals surface area contributed by atoms with Crippen LogP contribution in [0, 0.1) is 11.3 Å². The zero-order valence-corrected chi connectivity index (χ0v) is 12.1. The molecule has 106 valence electrons. The third-order valence-corrected chi connectivity index (χ3v) is 3.49. The van der Waals surface area contributed by atoms with Crippen LogP contribution in [-0.4, -0.2) is 0 Å². The van der Waals surface area contributed by atoms with Crippen molar-refractivity contribution in [3.8, 4) is 22.9 Å². The van der Waals surface area contributed by atoms with Crippen molar-refractivity contribution in [3.05, 3.63) is 90.0 Å². The van der Waals surface area contributed by atoms with Gasteiger partial charge in [0.15, 0.2) is 0 Å². The lowest BCUT2D eigenvalue weighted by Gasteiger charge is -2.08. The lowest BCUT2D eigenvalue weighted by atomic mass is 10.1. The van der Waals surface area contributed by atoms with E-state index in [1.165, 1.54) is 5.56 Å². The fourth-order valence-electron chi connectivity index (χ4n) is 2.29. The first-order valence-electron chi connectivity index (χ1n) is 7.13. The van der Waals surface area contributed by atoms with Gasteiger partial charge in [-0.1, -0.05) is 60.7 Å². The molecule has 0 amide bonds. The van der Waals surface area contributed by atoms with Gasteiger partial charge in [-0.2, -0.15) is 5.26 Å². The average Bonchev–Trinajstić information content (AvgIpc) is 2.61. The summed E-state index contributed by atoms with van der Waals surface area (Å²) in [6.07, 6.45) is 0. The zero-order valence-electron chi connectivity index (χ0n) is 12.1. The van der Waals surface area contributed by atoms with Crippen molar-refractivity contribution in [2.45, 2.75) is 6.61 Å². The van der Waals surface area contributed by atoms with E-state index in [0.717, 1.165) is 16.9 Å². The van der Waals surface area contributed by atoms with Gasteiger partial charge in [-0.05, 0) is 29.3 Å². The van der Waals surface area contributed by atoms with E-state index in [1.54, 1.807) is 6.07 Å². The van der Waals surface area contributed by atoms with Crippen LogP contribution >= 0.6 is 0 Å². The molecule has 0 heterocycles. The topological polar surface area (TPSA) is 33.0 Å². The van der Waals surface area contributed by atoms with Gasteiger partial charge in [0.05, 0.1) is 11.6 Å². The molecule has 0 aliphatic carbocycles. The zero-order chi connectivity index (χ0) is 15.2. The predicted molar refractivity (Wildman–Crippen MR) is 87.4 cm³/mol. The van der Waals surface area contributed by atoms with Crippen LogP contribution in [0.15, 0.2) is 78.9 Å². The van der Waals surface area contributed by atoms with Gasteiger partial charge in [-0.15, -0.1) is 0 Å². The van der Waals surface area contributed by atoms with Crippen molar-refractivity contribution in [3.63, 3.8) is 0 Å². The molecule has 0 spiro atoms. The van der Waals surface area contributed by atoms with Crippen LogP contribution < -0.4 is 4.74 Å². The largest absolute Gasteiger partial charge is 0.489 e. The van der Waals surface area contributed by atoms with Gasteiger partial charge in [0, 0.05) is 5.56 Å². The predicted octanol–water partition coefficient (Wildman–Crippen LogP) is 4.80. The monoisotopic (exact) mass is 285 g/mol. The molecular formula is C20H15NO. The molecule has 3 rings (SSSR count). The van der Waals surface area contributed by atoms with Gasteiger partial charge in [0.2, 0.25) is 0 Å². The van der Waals surface area contributed by atoms with E-state index < -0.39 is 0 Å². The minimum absolute atomic E-state index is 0.397. The fourth-order valence-corrected chi connectivity index (χ4v) is 2.29. The minimum atomic E-state index is 0.397. The molecule has 0 aliphatic rings. The highest BCUT2D eigenvalue weighted by Gasteiger charge is 2.02. The van der Waals surface area contributed by atoms with Gasteiger partial charge in [0.25, 0.3) is 0 Å². The second kappa shape index (κ2) is 6.60. The van der Waals surface area contributed by atoms with E-state index in [4.69, 9.17) is 10.00 Å². The van der Waals surface area contributed by atoms with Gasteiger partial charge in [-0.25, -0.2) is 0 Å². The van der Waals surface area contributed by atoms with Crippen LogP contribution in [-0.2, 0) is 6.61 Å². The highest BCUT2D eigenvalue weighted by Crippen LogP contribution is 2.22. The molecule has 0 bridgehead atoms. The van der Waals surface area contributed by atoms with Gasteiger partial charge in [0.1, 0.15) is 12.4 Å². The summed E-state index contributed by atoms with van der Waals surface area (Å²) in [6.45, 7) is 0.397. The molecule has 3 aromatic carbocycles. The van der Waals surface area contributed by atoms with Crippen molar-refractivity contribution < 1.29 is 4.74 Å².